The highest BCUT2D eigenvalue weighted by atomic mass is 19.1. The summed E-state index contributed by atoms with van der Waals surface area (Å²) in [6.45, 7) is 3.23. The molecule has 182 valence electrons. The molecule has 35 heavy (non-hydrogen) atoms. The Bertz CT molecular complexity index is 1280. The van der Waals surface area contributed by atoms with E-state index in [0.717, 1.165) is 0 Å². The van der Waals surface area contributed by atoms with Crippen molar-refractivity contribution in [3.05, 3.63) is 88.3 Å². The van der Waals surface area contributed by atoms with E-state index in [1.54, 1.807) is 45.2 Å². The molecule has 0 aliphatic rings. The monoisotopic (exact) mass is 482 g/mol. The Kier molecular flexibility index (Phi) is 7.98. The topological polar surface area (TPSA) is 118 Å². The minimum Gasteiger partial charge on any atom is -0.481 e. The summed E-state index contributed by atoms with van der Waals surface area (Å²) in [7, 11) is 1.61. The fourth-order valence-electron chi connectivity index (χ4n) is 3.55. The van der Waals surface area contributed by atoms with Crippen molar-refractivity contribution in [1.29, 1.82) is 0 Å². The van der Waals surface area contributed by atoms with Crippen molar-refractivity contribution < 1.29 is 28.6 Å². The first kappa shape index (κ1) is 25.6. The molecule has 2 N–H and O–H groups in total. The minimum absolute atomic E-state index is 0.296. The summed E-state index contributed by atoms with van der Waals surface area (Å²) in [4.78, 5) is 22.6. The van der Waals surface area contributed by atoms with Crippen molar-refractivity contribution in [3.8, 4) is 0 Å². The van der Waals surface area contributed by atoms with Crippen LogP contribution in [0.4, 0.5) is 8.78 Å². The molecular formula is C25H24F2N4O4. The average molecular weight is 482 g/mol. The third-order valence-electron chi connectivity index (χ3n) is 5.29. The summed E-state index contributed by atoms with van der Waals surface area (Å²) in [5, 5.41) is 30.7. The molecule has 0 aliphatic heterocycles. The van der Waals surface area contributed by atoms with E-state index in [9.17, 15) is 23.5 Å². The highest BCUT2D eigenvalue weighted by Crippen LogP contribution is 2.34. The predicted octanol–water partition coefficient (Wildman–Crippen LogP) is 3.42. The Morgan fingerprint density at radius 3 is 2.09 bits per heavy atom. The van der Waals surface area contributed by atoms with Gasteiger partial charge in [0.1, 0.15) is 23.8 Å². The average Bonchev–Trinajstić information content (AvgIpc) is 3.20. The molecule has 3 rings (SSSR count). The van der Waals surface area contributed by atoms with Crippen LogP contribution in [-0.2, 0) is 16.6 Å². The third-order valence-corrected chi connectivity index (χ3v) is 5.29. The van der Waals surface area contributed by atoms with E-state index in [1.807, 2.05) is 0 Å². The van der Waals surface area contributed by atoms with E-state index >= 15 is 0 Å². The van der Waals surface area contributed by atoms with Gasteiger partial charge < -0.3 is 10.2 Å². The molecule has 0 bridgehead atoms. The number of carboxylic acid groups (broad SMARTS) is 1. The third kappa shape index (κ3) is 6.30. The van der Waals surface area contributed by atoms with Crippen molar-refractivity contribution in [2.75, 3.05) is 0 Å². The molecular weight excluding hydrogens is 458 g/mol. The number of hydrogen-bond acceptors (Lipinski definition) is 6. The van der Waals surface area contributed by atoms with Crippen LogP contribution in [0.25, 0.3) is 11.1 Å². The fourth-order valence-corrected chi connectivity index (χ4v) is 3.55. The number of carbonyl (C=O) groups excluding carboxylic acids is 1. The van der Waals surface area contributed by atoms with Crippen molar-refractivity contribution in [2.24, 2.45) is 7.05 Å². The number of Topliss-reactive ketones (excluding diaryl/α,β-unsaturated/α-hetero) is 1. The van der Waals surface area contributed by atoms with Crippen molar-refractivity contribution in [1.82, 2.24) is 20.2 Å². The number of allylic oxidation sites excluding steroid dienone is 2. The van der Waals surface area contributed by atoms with E-state index in [-0.39, 0.29) is 0 Å². The van der Waals surface area contributed by atoms with Crippen LogP contribution in [0.15, 0.2) is 48.6 Å². The van der Waals surface area contributed by atoms with Gasteiger partial charge in [0.25, 0.3) is 0 Å². The second-order valence-corrected chi connectivity index (χ2v) is 8.08. The first-order valence-electron chi connectivity index (χ1n) is 10.7. The molecule has 0 spiro atoms. The van der Waals surface area contributed by atoms with Crippen LogP contribution in [0.1, 0.15) is 40.9 Å². The Morgan fingerprint density at radius 1 is 1.06 bits per heavy atom. The van der Waals surface area contributed by atoms with Crippen molar-refractivity contribution in [3.63, 3.8) is 0 Å². The number of aliphatic hydroxyl groups excluding tert-OH is 1. The van der Waals surface area contributed by atoms with Crippen LogP contribution in [0.3, 0.4) is 0 Å². The van der Waals surface area contributed by atoms with Gasteiger partial charge in [0.15, 0.2) is 5.82 Å². The molecule has 0 saturated heterocycles. The van der Waals surface area contributed by atoms with E-state index in [2.05, 4.69) is 15.5 Å². The molecule has 1 aromatic heterocycles. The second kappa shape index (κ2) is 10.9. The standard InChI is InChI=1S/C25H24F2N4O4/c1-14-10-16(4-8-21(14)26)24(17-5-9-22(27)15(2)11-17)20(25-28-29-30-31(25)3)7-6-18(32)12-19(33)13-23(34)35/h4-11,18,32H,12-13H2,1-3H3,(H,34,35). The van der Waals surface area contributed by atoms with Crippen LogP contribution < -0.4 is 0 Å². The second-order valence-electron chi connectivity index (χ2n) is 8.08. The molecule has 0 amide bonds. The number of carbonyl (C=O) groups is 2. The van der Waals surface area contributed by atoms with Gasteiger partial charge in [0.2, 0.25) is 0 Å². The van der Waals surface area contributed by atoms with Gasteiger partial charge >= 0.3 is 5.97 Å². The largest absolute Gasteiger partial charge is 0.481 e. The molecule has 1 unspecified atom stereocenters. The normalized spacial score (nSPS) is 12.1. The number of aliphatic hydroxyl groups is 1. The van der Waals surface area contributed by atoms with Crippen LogP contribution in [0.2, 0.25) is 0 Å². The molecule has 1 heterocycles. The zero-order chi connectivity index (χ0) is 25.7. The maximum Gasteiger partial charge on any atom is 0.310 e. The highest BCUT2D eigenvalue weighted by Gasteiger charge is 2.19. The number of tetrazole rings is 1. The molecule has 0 saturated carbocycles. The number of hydrogen-bond donors (Lipinski definition) is 2. The molecule has 8 nitrogen and oxygen atoms in total. The smallest absolute Gasteiger partial charge is 0.310 e. The van der Waals surface area contributed by atoms with Crippen LogP contribution in [0, 0.1) is 25.5 Å². The highest BCUT2D eigenvalue weighted by molar-refractivity contribution is 6.01. The van der Waals surface area contributed by atoms with Crippen molar-refractivity contribution >= 4 is 22.9 Å². The molecule has 1 atom stereocenters. The number of rotatable bonds is 9. The zero-order valence-corrected chi connectivity index (χ0v) is 19.4. The summed E-state index contributed by atoms with van der Waals surface area (Å²) < 4.78 is 29.5. The lowest BCUT2D eigenvalue weighted by molar-refractivity contribution is -0.140. The van der Waals surface area contributed by atoms with Gasteiger partial charge in [-0.05, 0) is 76.4 Å². The lowest BCUT2D eigenvalue weighted by atomic mass is 9.90. The first-order valence-corrected chi connectivity index (χ1v) is 10.7. The van der Waals surface area contributed by atoms with Gasteiger partial charge in [-0.2, -0.15) is 0 Å². The SMILES string of the molecule is Cc1cc(C(=C(C=CC(O)CC(=O)CC(=O)O)c2nnnn2C)c2ccc(F)c(C)c2)ccc1F. The molecule has 0 aliphatic carbocycles. The Labute approximate surface area is 200 Å². The molecule has 3 aromatic rings. The van der Waals surface area contributed by atoms with Crippen LogP contribution in [0.5, 0.6) is 0 Å². The summed E-state index contributed by atoms with van der Waals surface area (Å²) >= 11 is 0. The van der Waals surface area contributed by atoms with Gasteiger partial charge in [0, 0.05) is 19.0 Å². The van der Waals surface area contributed by atoms with E-state index in [0.29, 0.717) is 39.2 Å². The van der Waals surface area contributed by atoms with Gasteiger partial charge in [-0.25, -0.2) is 13.5 Å². The number of aliphatic carboxylic acids is 1. The van der Waals surface area contributed by atoms with Crippen molar-refractivity contribution in [2.45, 2.75) is 32.8 Å². The zero-order valence-electron chi connectivity index (χ0n) is 19.4. The van der Waals surface area contributed by atoms with Gasteiger partial charge in [0.05, 0.1) is 6.10 Å². The summed E-state index contributed by atoms with van der Waals surface area (Å²) in [6.07, 6.45) is 0.473. The maximum atomic E-state index is 14.1. The fraction of sp³-hybridized carbons (Fsp3) is 0.240. The van der Waals surface area contributed by atoms with E-state index in [4.69, 9.17) is 5.11 Å². The maximum absolute atomic E-state index is 14.1. The molecule has 0 fully saturated rings. The van der Waals surface area contributed by atoms with Gasteiger partial charge in [-0.15, -0.1) is 5.10 Å². The number of halogens is 2. The van der Waals surface area contributed by atoms with Gasteiger partial charge in [-0.3, -0.25) is 9.59 Å². The quantitative estimate of drug-likeness (QED) is 0.354. The minimum atomic E-state index is -1.28. The van der Waals surface area contributed by atoms with Crippen LogP contribution >= 0.6 is 0 Å². The van der Waals surface area contributed by atoms with E-state index in [1.165, 1.54) is 29.0 Å². The first-order chi connectivity index (χ1) is 16.6. The number of carboxylic acids is 1. The summed E-state index contributed by atoms with van der Waals surface area (Å²) in [6, 6.07) is 9.04. The van der Waals surface area contributed by atoms with Crippen LogP contribution in [-0.4, -0.2) is 48.3 Å². The lowest BCUT2D eigenvalue weighted by Crippen LogP contribution is -2.14. The molecule has 2 aromatic carbocycles. The number of aromatic nitrogens is 4. The summed E-state index contributed by atoms with van der Waals surface area (Å²) in [5.41, 5.74) is 2.91. The van der Waals surface area contributed by atoms with E-state index < -0.39 is 42.3 Å². The van der Waals surface area contributed by atoms with Gasteiger partial charge in [-0.1, -0.05) is 24.3 Å². The number of ketones is 1. The Balaban J connectivity index is 2.22. The molecule has 0 radical (unpaired) electrons. The predicted molar refractivity (Wildman–Crippen MR) is 124 cm³/mol. The number of benzene rings is 2. The summed E-state index contributed by atoms with van der Waals surface area (Å²) in [5.74, 6) is -2.41. The number of nitrogens with zero attached hydrogens (tertiary/aromatic N) is 4. The lowest BCUT2D eigenvalue weighted by Gasteiger charge is -2.16. The number of aryl methyl sites for hydroxylation is 3. The molecule has 10 heteroatoms. The Morgan fingerprint density at radius 2 is 1.63 bits per heavy atom. The Hall–Kier alpha value is -4.05.